The Balaban J connectivity index is 1.85. The average Bonchev–Trinajstić information content (AvgIpc) is 2.71. The molecule has 0 radical (unpaired) electrons. The Kier molecular flexibility index (Phi) is 2.44. The quantitative estimate of drug-likeness (QED) is 0.724. The summed E-state index contributed by atoms with van der Waals surface area (Å²) in [6, 6.07) is 0. The molecule has 1 aliphatic rings. The zero-order chi connectivity index (χ0) is 9.10. The van der Waals surface area contributed by atoms with Crippen molar-refractivity contribution in [3.8, 4) is 0 Å². The highest BCUT2D eigenvalue weighted by molar-refractivity contribution is 7.11. The zero-order valence-corrected chi connectivity index (χ0v) is 8.32. The molecule has 5 heteroatoms. The van der Waals surface area contributed by atoms with Crippen LogP contribution in [-0.2, 0) is 6.54 Å². The number of aliphatic imine (C=N–C) groups is 1. The molecular weight excluding hydrogens is 184 g/mol. The van der Waals surface area contributed by atoms with Gasteiger partial charge in [-0.1, -0.05) is 0 Å². The van der Waals surface area contributed by atoms with Crippen LogP contribution in [0.4, 0.5) is 0 Å². The second-order valence-electron chi connectivity index (χ2n) is 2.88. The smallest absolute Gasteiger partial charge is 0.191 e. The van der Waals surface area contributed by atoms with E-state index in [0.29, 0.717) is 0 Å². The molecule has 0 saturated carbocycles. The van der Waals surface area contributed by atoms with Crippen LogP contribution in [0.2, 0.25) is 0 Å². The third kappa shape index (κ3) is 2.18. The molecule has 13 heavy (non-hydrogen) atoms. The molecule has 0 saturated heterocycles. The van der Waals surface area contributed by atoms with Crippen molar-refractivity contribution in [2.75, 3.05) is 13.1 Å². The summed E-state index contributed by atoms with van der Waals surface area (Å²) < 4.78 is 0. The van der Waals surface area contributed by atoms with E-state index < -0.39 is 0 Å². The average molecular weight is 196 g/mol. The minimum absolute atomic E-state index is 0.768. The van der Waals surface area contributed by atoms with Crippen LogP contribution >= 0.6 is 11.3 Å². The second-order valence-corrected chi connectivity index (χ2v) is 4.19. The highest BCUT2D eigenvalue weighted by Crippen LogP contribution is 2.10. The highest BCUT2D eigenvalue weighted by Gasteiger charge is 2.04. The topological polar surface area (TPSA) is 49.3 Å². The van der Waals surface area contributed by atoms with E-state index in [1.807, 2.05) is 6.20 Å². The maximum absolute atomic E-state index is 4.25. The van der Waals surface area contributed by atoms with Crippen molar-refractivity contribution in [3.63, 3.8) is 0 Å². The number of aromatic nitrogens is 1. The maximum Gasteiger partial charge on any atom is 0.191 e. The van der Waals surface area contributed by atoms with Gasteiger partial charge in [-0.25, -0.2) is 4.98 Å². The van der Waals surface area contributed by atoms with E-state index >= 15 is 0 Å². The molecule has 0 unspecified atom stereocenters. The Bertz CT molecular complexity index is 318. The lowest BCUT2D eigenvalue weighted by molar-refractivity contribution is 0.859. The molecule has 70 valence electrons. The summed E-state index contributed by atoms with van der Waals surface area (Å²) in [4.78, 5) is 9.73. The van der Waals surface area contributed by atoms with Crippen LogP contribution in [0.3, 0.4) is 0 Å². The first-order chi connectivity index (χ1) is 6.34. The van der Waals surface area contributed by atoms with Gasteiger partial charge in [-0.05, 0) is 6.92 Å². The van der Waals surface area contributed by atoms with Gasteiger partial charge in [-0.15, -0.1) is 11.3 Å². The SMILES string of the molecule is Cc1cnc(CNC2=NCCN2)s1. The van der Waals surface area contributed by atoms with E-state index in [1.54, 1.807) is 11.3 Å². The van der Waals surface area contributed by atoms with Gasteiger partial charge in [0.25, 0.3) is 0 Å². The molecule has 1 aliphatic heterocycles. The fraction of sp³-hybridized carbons (Fsp3) is 0.500. The number of aryl methyl sites for hydroxylation is 1. The number of nitrogens with zero attached hydrogens (tertiary/aromatic N) is 2. The summed E-state index contributed by atoms with van der Waals surface area (Å²) >= 11 is 1.71. The van der Waals surface area contributed by atoms with E-state index in [2.05, 4.69) is 27.5 Å². The number of hydrogen-bond acceptors (Lipinski definition) is 5. The predicted molar refractivity (Wildman–Crippen MR) is 54.0 cm³/mol. The number of rotatable bonds is 2. The molecule has 4 nitrogen and oxygen atoms in total. The molecular formula is C8H12N4S. The third-order valence-electron chi connectivity index (χ3n) is 1.75. The summed E-state index contributed by atoms with van der Waals surface area (Å²) in [6.45, 7) is 4.65. The maximum atomic E-state index is 4.25. The summed E-state index contributed by atoms with van der Waals surface area (Å²) in [6.07, 6.45) is 1.89. The molecule has 0 spiro atoms. The van der Waals surface area contributed by atoms with Gasteiger partial charge >= 0.3 is 0 Å². The van der Waals surface area contributed by atoms with Gasteiger partial charge in [0, 0.05) is 17.6 Å². The highest BCUT2D eigenvalue weighted by atomic mass is 32.1. The van der Waals surface area contributed by atoms with Gasteiger partial charge in [-0.3, -0.25) is 4.99 Å². The standard InChI is InChI=1S/C8H12N4S/c1-6-4-11-7(13-6)5-12-8-9-2-3-10-8/h4H,2-3,5H2,1H3,(H2,9,10,12). The fourth-order valence-corrected chi connectivity index (χ4v) is 1.89. The Labute approximate surface area is 81.1 Å². The van der Waals surface area contributed by atoms with Gasteiger partial charge in [0.1, 0.15) is 5.01 Å². The Morgan fingerprint density at radius 2 is 2.62 bits per heavy atom. The van der Waals surface area contributed by atoms with Crippen molar-refractivity contribution in [2.45, 2.75) is 13.5 Å². The summed E-state index contributed by atoms with van der Waals surface area (Å²) in [5, 5.41) is 7.45. The van der Waals surface area contributed by atoms with Crippen LogP contribution < -0.4 is 10.6 Å². The zero-order valence-electron chi connectivity index (χ0n) is 7.50. The van der Waals surface area contributed by atoms with Crippen LogP contribution in [0.1, 0.15) is 9.88 Å². The Morgan fingerprint density at radius 1 is 1.69 bits per heavy atom. The molecule has 0 atom stereocenters. The largest absolute Gasteiger partial charge is 0.355 e. The van der Waals surface area contributed by atoms with Gasteiger partial charge in [0.15, 0.2) is 5.96 Å². The summed E-state index contributed by atoms with van der Waals surface area (Å²) in [5.74, 6) is 0.896. The van der Waals surface area contributed by atoms with Gasteiger partial charge < -0.3 is 10.6 Å². The van der Waals surface area contributed by atoms with Crippen LogP contribution in [0, 0.1) is 6.92 Å². The predicted octanol–water partition coefficient (Wildman–Crippen LogP) is 0.500. The molecule has 0 fully saturated rings. The fourth-order valence-electron chi connectivity index (χ4n) is 1.16. The van der Waals surface area contributed by atoms with Gasteiger partial charge in [0.2, 0.25) is 0 Å². The Hall–Kier alpha value is -1.10. The first kappa shape index (κ1) is 8.50. The minimum Gasteiger partial charge on any atom is -0.355 e. The van der Waals surface area contributed by atoms with Crippen molar-refractivity contribution < 1.29 is 0 Å². The summed E-state index contributed by atoms with van der Waals surface area (Å²) in [7, 11) is 0. The van der Waals surface area contributed by atoms with Crippen molar-refractivity contribution in [2.24, 2.45) is 4.99 Å². The molecule has 2 heterocycles. The number of guanidine groups is 1. The van der Waals surface area contributed by atoms with Gasteiger partial charge in [-0.2, -0.15) is 0 Å². The van der Waals surface area contributed by atoms with Crippen LogP contribution in [0.25, 0.3) is 0 Å². The summed E-state index contributed by atoms with van der Waals surface area (Å²) in [5.41, 5.74) is 0. The lowest BCUT2D eigenvalue weighted by atomic mass is 10.6. The van der Waals surface area contributed by atoms with Crippen LogP contribution in [-0.4, -0.2) is 24.0 Å². The van der Waals surface area contributed by atoms with Gasteiger partial charge in [0.05, 0.1) is 13.1 Å². The van der Waals surface area contributed by atoms with Crippen LogP contribution in [0.15, 0.2) is 11.2 Å². The number of hydrogen-bond donors (Lipinski definition) is 2. The van der Waals surface area contributed by atoms with Crippen molar-refractivity contribution in [1.29, 1.82) is 0 Å². The van der Waals surface area contributed by atoms with Crippen molar-refractivity contribution in [3.05, 3.63) is 16.1 Å². The monoisotopic (exact) mass is 196 g/mol. The molecule has 2 N–H and O–H groups in total. The van der Waals surface area contributed by atoms with E-state index in [-0.39, 0.29) is 0 Å². The normalized spacial score (nSPS) is 15.3. The van der Waals surface area contributed by atoms with E-state index in [1.165, 1.54) is 4.88 Å². The van der Waals surface area contributed by atoms with E-state index in [9.17, 15) is 0 Å². The van der Waals surface area contributed by atoms with E-state index in [4.69, 9.17) is 0 Å². The van der Waals surface area contributed by atoms with E-state index in [0.717, 1.165) is 30.6 Å². The second kappa shape index (κ2) is 3.74. The molecule has 0 aliphatic carbocycles. The molecule has 0 amide bonds. The number of thiazole rings is 1. The lowest BCUT2D eigenvalue weighted by Crippen LogP contribution is -2.33. The molecule has 0 bridgehead atoms. The molecule has 1 aromatic rings. The Morgan fingerprint density at radius 3 is 3.23 bits per heavy atom. The van der Waals surface area contributed by atoms with Crippen LogP contribution in [0.5, 0.6) is 0 Å². The first-order valence-corrected chi connectivity index (χ1v) is 5.10. The van der Waals surface area contributed by atoms with Crippen molar-refractivity contribution >= 4 is 17.3 Å². The first-order valence-electron chi connectivity index (χ1n) is 4.28. The number of nitrogens with one attached hydrogen (secondary N) is 2. The minimum atomic E-state index is 0.768. The molecule has 1 aromatic heterocycles. The molecule has 0 aromatic carbocycles. The third-order valence-corrected chi connectivity index (χ3v) is 2.66. The molecule has 2 rings (SSSR count). The lowest BCUT2D eigenvalue weighted by Gasteiger charge is -2.02. The van der Waals surface area contributed by atoms with Crippen molar-refractivity contribution in [1.82, 2.24) is 15.6 Å².